The van der Waals surface area contributed by atoms with Gasteiger partial charge in [0.15, 0.2) is 0 Å². The molecule has 0 unspecified atom stereocenters. The van der Waals surface area contributed by atoms with Crippen LogP contribution in [0.15, 0.2) is 24.3 Å². The first-order valence-corrected chi connectivity index (χ1v) is 3.82. The molecule has 0 atom stereocenters. The predicted molar refractivity (Wildman–Crippen MR) is 46.0 cm³/mol. The Hall–Kier alpha value is -1.44. The van der Waals surface area contributed by atoms with Crippen LogP contribution in [0.5, 0.6) is 0 Å². The number of benzene rings is 1. The van der Waals surface area contributed by atoms with Crippen LogP contribution in [0.25, 0.3) is 0 Å². The smallest absolute Gasteiger partial charge is 0.124 e. The first-order chi connectivity index (χ1) is 5.86. The van der Waals surface area contributed by atoms with Gasteiger partial charge in [0.2, 0.25) is 0 Å². The van der Waals surface area contributed by atoms with Crippen LogP contribution in [-0.2, 0) is 22.4 Å². The molecule has 2 heteroatoms. The summed E-state index contributed by atoms with van der Waals surface area (Å²) in [5.74, 6) is 0. The van der Waals surface area contributed by atoms with Gasteiger partial charge in [-0.05, 0) is 11.1 Å². The summed E-state index contributed by atoms with van der Waals surface area (Å²) in [6, 6.07) is 7.49. The van der Waals surface area contributed by atoms with Gasteiger partial charge in [-0.25, -0.2) is 0 Å². The molecule has 1 aromatic rings. The van der Waals surface area contributed by atoms with Gasteiger partial charge in [-0.1, -0.05) is 24.3 Å². The van der Waals surface area contributed by atoms with E-state index in [0.29, 0.717) is 12.8 Å². The summed E-state index contributed by atoms with van der Waals surface area (Å²) in [7, 11) is 0. The molecule has 1 rings (SSSR count). The fourth-order valence-corrected chi connectivity index (χ4v) is 1.08. The van der Waals surface area contributed by atoms with Gasteiger partial charge in [0.1, 0.15) is 12.6 Å². The Kier molecular flexibility index (Phi) is 3.20. The molecule has 0 radical (unpaired) electrons. The SMILES string of the molecule is O=CCc1cccc(CC=O)c1. The van der Waals surface area contributed by atoms with E-state index >= 15 is 0 Å². The maximum Gasteiger partial charge on any atom is 0.124 e. The zero-order valence-electron chi connectivity index (χ0n) is 6.69. The zero-order chi connectivity index (χ0) is 8.81. The average molecular weight is 162 g/mol. The molecule has 62 valence electrons. The lowest BCUT2D eigenvalue weighted by atomic mass is 10.1. The number of rotatable bonds is 4. The second-order valence-electron chi connectivity index (χ2n) is 2.56. The molecule has 0 bridgehead atoms. The van der Waals surface area contributed by atoms with Crippen LogP contribution >= 0.6 is 0 Å². The Labute approximate surface area is 71.2 Å². The topological polar surface area (TPSA) is 34.1 Å². The highest BCUT2D eigenvalue weighted by molar-refractivity contribution is 5.57. The molecule has 1 aromatic carbocycles. The van der Waals surface area contributed by atoms with Crippen molar-refractivity contribution >= 4 is 12.6 Å². The number of aldehydes is 2. The summed E-state index contributed by atoms with van der Waals surface area (Å²) in [4.78, 5) is 20.3. The summed E-state index contributed by atoms with van der Waals surface area (Å²) in [5, 5.41) is 0. The minimum atomic E-state index is 0.423. The van der Waals surface area contributed by atoms with Gasteiger partial charge >= 0.3 is 0 Å². The van der Waals surface area contributed by atoms with Crippen LogP contribution in [0.2, 0.25) is 0 Å². The lowest BCUT2D eigenvalue weighted by molar-refractivity contribution is -0.108. The molecule has 0 aromatic heterocycles. The maximum absolute atomic E-state index is 10.2. The van der Waals surface area contributed by atoms with Crippen molar-refractivity contribution in [2.75, 3.05) is 0 Å². The van der Waals surface area contributed by atoms with Gasteiger partial charge < -0.3 is 9.59 Å². The van der Waals surface area contributed by atoms with E-state index in [1.165, 1.54) is 0 Å². The van der Waals surface area contributed by atoms with Crippen LogP contribution in [-0.4, -0.2) is 12.6 Å². The van der Waals surface area contributed by atoms with E-state index in [9.17, 15) is 9.59 Å². The van der Waals surface area contributed by atoms with Gasteiger partial charge in [-0.3, -0.25) is 0 Å². The summed E-state index contributed by atoms with van der Waals surface area (Å²) >= 11 is 0. The summed E-state index contributed by atoms with van der Waals surface area (Å²) in [6.07, 6.45) is 2.57. The van der Waals surface area contributed by atoms with Gasteiger partial charge in [-0.2, -0.15) is 0 Å². The second-order valence-corrected chi connectivity index (χ2v) is 2.56. The largest absolute Gasteiger partial charge is 0.303 e. The van der Waals surface area contributed by atoms with Gasteiger partial charge in [-0.15, -0.1) is 0 Å². The highest BCUT2D eigenvalue weighted by Gasteiger charge is 1.93. The lowest BCUT2D eigenvalue weighted by Crippen LogP contribution is -1.90. The third kappa shape index (κ3) is 2.31. The van der Waals surface area contributed by atoms with Crippen LogP contribution in [0.3, 0.4) is 0 Å². The van der Waals surface area contributed by atoms with Crippen molar-refractivity contribution in [1.29, 1.82) is 0 Å². The van der Waals surface area contributed by atoms with Crippen molar-refractivity contribution in [3.63, 3.8) is 0 Å². The first kappa shape index (κ1) is 8.65. The lowest BCUT2D eigenvalue weighted by Gasteiger charge is -1.97. The standard InChI is InChI=1S/C10H10O2/c11-6-4-9-2-1-3-10(8-9)5-7-12/h1-3,6-8H,4-5H2. The minimum absolute atomic E-state index is 0.423. The van der Waals surface area contributed by atoms with E-state index in [4.69, 9.17) is 0 Å². The normalized spacial score (nSPS) is 9.33. The molecule has 0 aliphatic carbocycles. The Morgan fingerprint density at radius 1 is 1.00 bits per heavy atom. The van der Waals surface area contributed by atoms with Crippen LogP contribution in [0, 0.1) is 0 Å². The predicted octanol–water partition coefficient (Wildman–Crippen LogP) is 1.17. The van der Waals surface area contributed by atoms with Gasteiger partial charge in [0, 0.05) is 12.8 Å². The fourth-order valence-electron chi connectivity index (χ4n) is 1.08. The van der Waals surface area contributed by atoms with Crippen LogP contribution in [0.4, 0.5) is 0 Å². The highest BCUT2D eigenvalue weighted by atomic mass is 16.1. The van der Waals surface area contributed by atoms with E-state index in [0.717, 1.165) is 23.7 Å². The molecule has 0 N–H and O–H groups in total. The molecule has 0 aliphatic heterocycles. The van der Waals surface area contributed by atoms with Crippen molar-refractivity contribution in [3.8, 4) is 0 Å². The summed E-state index contributed by atoms with van der Waals surface area (Å²) < 4.78 is 0. The monoisotopic (exact) mass is 162 g/mol. The molecular weight excluding hydrogens is 152 g/mol. The summed E-state index contributed by atoms with van der Waals surface area (Å²) in [6.45, 7) is 0. The minimum Gasteiger partial charge on any atom is -0.303 e. The fraction of sp³-hybridized carbons (Fsp3) is 0.200. The van der Waals surface area contributed by atoms with E-state index in [1.54, 1.807) is 0 Å². The van der Waals surface area contributed by atoms with Crippen molar-refractivity contribution in [3.05, 3.63) is 35.4 Å². The van der Waals surface area contributed by atoms with Gasteiger partial charge in [0.05, 0.1) is 0 Å². The molecule has 2 nitrogen and oxygen atoms in total. The van der Waals surface area contributed by atoms with Crippen LogP contribution < -0.4 is 0 Å². The third-order valence-corrected chi connectivity index (χ3v) is 1.63. The average Bonchev–Trinajstić information content (AvgIpc) is 2.06. The van der Waals surface area contributed by atoms with Crippen LogP contribution in [0.1, 0.15) is 11.1 Å². The van der Waals surface area contributed by atoms with Crippen molar-refractivity contribution in [2.45, 2.75) is 12.8 Å². The highest BCUT2D eigenvalue weighted by Crippen LogP contribution is 2.04. The molecule has 0 amide bonds. The molecule has 0 saturated heterocycles. The zero-order valence-corrected chi connectivity index (χ0v) is 6.69. The molecule has 0 aliphatic rings. The van der Waals surface area contributed by atoms with E-state index in [2.05, 4.69) is 0 Å². The molecule has 0 fully saturated rings. The molecule has 0 saturated carbocycles. The Morgan fingerprint density at radius 3 is 1.92 bits per heavy atom. The number of hydrogen-bond donors (Lipinski definition) is 0. The molecular formula is C10H10O2. The number of carbonyl (C=O) groups excluding carboxylic acids is 2. The molecule has 0 spiro atoms. The van der Waals surface area contributed by atoms with Gasteiger partial charge in [0.25, 0.3) is 0 Å². The Morgan fingerprint density at radius 2 is 1.50 bits per heavy atom. The second kappa shape index (κ2) is 4.44. The van der Waals surface area contributed by atoms with Crippen molar-refractivity contribution in [1.82, 2.24) is 0 Å². The van der Waals surface area contributed by atoms with Crippen molar-refractivity contribution < 1.29 is 9.59 Å². The number of hydrogen-bond acceptors (Lipinski definition) is 2. The summed E-state index contributed by atoms with van der Waals surface area (Å²) in [5.41, 5.74) is 1.92. The molecule has 12 heavy (non-hydrogen) atoms. The maximum atomic E-state index is 10.2. The first-order valence-electron chi connectivity index (χ1n) is 3.82. The number of carbonyl (C=O) groups is 2. The molecule has 0 heterocycles. The quantitative estimate of drug-likeness (QED) is 0.623. The van der Waals surface area contributed by atoms with E-state index < -0.39 is 0 Å². The van der Waals surface area contributed by atoms with E-state index in [-0.39, 0.29) is 0 Å². The Bertz CT molecular complexity index is 254. The Balaban J connectivity index is 2.79. The third-order valence-electron chi connectivity index (χ3n) is 1.63. The van der Waals surface area contributed by atoms with Crippen molar-refractivity contribution in [2.24, 2.45) is 0 Å². The van der Waals surface area contributed by atoms with E-state index in [1.807, 2.05) is 24.3 Å².